The average Bonchev–Trinajstić information content (AvgIpc) is 3.31. The highest BCUT2D eigenvalue weighted by Crippen LogP contribution is 2.37. The van der Waals surface area contributed by atoms with Crippen LogP contribution in [0.15, 0.2) is 42.6 Å². The topological polar surface area (TPSA) is 93.3 Å². The molecule has 0 unspecified atom stereocenters. The second kappa shape index (κ2) is 7.98. The Labute approximate surface area is 191 Å². The van der Waals surface area contributed by atoms with E-state index in [0.29, 0.717) is 29.5 Å². The Morgan fingerprint density at radius 3 is 2.47 bits per heavy atom. The standard InChI is InChI=1S/C24H24ClN5O2/c1-14-6-7-17(12-27-14)22-21(25)20(23(26)31)19-13-29(8-9-30(19)22)24(32)28-18-10-15-4-2-3-5-16(15)11-18/h2-7,12,18H,8-11,13H2,1H3,(H2,26,31)(H,28,32). The monoisotopic (exact) mass is 449 g/mol. The zero-order valence-corrected chi connectivity index (χ0v) is 18.5. The second-order valence-corrected chi connectivity index (χ2v) is 8.81. The molecular weight excluding hydrogens is 426 g/mol. The highest BCUT2D eigenvalue weighted by molar-refractivity contribution is 6.36. The number of pyridine rings is 1. The van der Waals surface area contributed by atoms with Crippen LogP contribution in [0.3, 0.4) is 0 Å². The number of benzene rings is 1. The van der Waals surface area contributed by atoms with Crippen LogP contribution in [0, 0.1) is 6.92 Å². The average molecular weight is 450 g/mol. The number of aryl methyl sites for hydroxylation is 1. The number of amides is 3. The zero-order valence-electron chi connectivity index (χ0n) is 17.8. The summed E-state index contributed by atoms with van der Waals surface area (Å²) in [5.41, 5.74) is 11.6. The molecule has 2 aliphatic rings. The van der Waals surface area contributed by atoms with E-state index in [1.807, 2.05) is 35.8 Å². The van der Waals surface area contributed by atoms with Crippen LogP contribution >= 0.6 is 11.6 Å². The largest absolute Gasteiger partial charge is 0.365 e. The number of primary amides is 1. The number of fused-ring (bicyclic) bond motifs is 2. The molecule has 5 rings (SSSR count). The van der Waals surface area contributed by atoms with Crippen LogP contribution in [0.2, 0.25) is 5.02 Å². The normalized spacial score (nSPS) is 15.4. The molecule has 8 heteroatoms. The molecule has 0 saturated carbocycles. The first-order chi connectivity index (χ1) is 15.4. The summed E-state index contributed by atoms with van der Waals surface area (Å²) in [4.78, 5) is 31.4. The molecule has 164 valence electrons. The molecule has 3 amide bonds. The first-order valence-corrected chi connectivity index (χ1v) is 11.1. The molecule has 7 nitrogen and oxygen atoms in total. The van der Waals surface area contributed by atoms with Crippen molar-refractivity contribution in [2.45, 2.75) is 38.9 Å². The number of aromatic nitrogens is 2. The maximum atomic E-state index is 13.0. The Kier molecular flexibility index (Phi) is 5.13. The fraction of sp³-hybridized carbons (Fsp3) is 0.292. The minimum atomic E-state index is -0.599. The number of hydrogen-bond acceptors (Lipinski definition) is 3. The van der Waals surface area contributed by atoms with Gasteiger partial charge in [0.1, 0.15) is 0 Å². The van der Waals surface area contributed by atoms with E-state index in [1.165, 1.54) is 11.1 Å². The van der Waals surface area contributed by atoms with Crippen LogP contribution in [0.5, 0.6) is 0 Å². The lowest BCUT2D eigenvalue weighted by Gasteiger charge is -2.31. The van der Waals surface area contributed by atoms with Gasteiger partial charge in [0.2, 0.25) is 0 Å². The molecule has 1 aromatic carbocycles. The van der Waals surface area contributed by atoms with Crippen LogP contribution in [0.25, 0.3) is 11.3 Å². The molecule has 32 heavy (non-hydrogen) atoms. The molecule has 0 radical (unpaired) electrons. The van der Waals surface area contributed by atoms with Gasteiger partial charge in [0, 0.05) is 36.6 Å². The first kappa shape index (κ1) is 20.6. The molecule has 1 aliphatic carbocycles. The van der Waals surface area contributed by atoms with Crippen LogP contribution in [0.1, 0.15) is 32.9 Å². The van der Waals surface area contributed by atoms with E-state index < -0.39 is 5.91 Å². The molecule has 0 atom stereocenters. The molecule has 3 heterocycles. The number of hydrogen-bond donors (Lipinski definition) is 2. The van der Waals surface area contributed by atoms with Gasteiger partial charge in [-0.2, -0.15) is 0 Å². The van der Waals surface area contributed by atoms with Crippen molar-refractivity contribution >= 4 is 23.5 Å². The van der Waals surface area contributed by atoms with Gasteiger partial charge in [-0.05, 0) is 43.0 Å². The number of nitrogens with two attached hydrogens (primary N) is 1. The van der Waals surface area contributed by atoms with Gasteiger partial charge in [0.15, 0.2) is 0 Å². The van der Waals surface area contributed by atoms with Gasteiger partial charge >= 0.3 is 6.03 Å². The van der Waals surface area contributed by atoms with Crippen molar-refractivity contribution in [3.63, 3.8) is 0 Å². The smallest absolute Gasteiger partial charge is 0.318 e. The quantitative estimate of drug-likeness (QED) is 0.642. The van der Waals surface area contributed by atoms with E-state index in [-0.39, 0.29) is 24.2 Å². The van der Waals surface area contributed by atoms with Crippen LogP contribution < -0.4 is 11.1 Å². The fourth-order valence-corrected chi connectivity index (χ4v) is 5.18. The molecule has 1 aliphatic heterocycles. The van der Waals surface area contributed by atoms with Gasteiger partial charge in [-0.3, -0.25) is 9.78 Å². The Morgan fingerprint density at radius 1 is 1.12 bits per heavy atom. The zero-order chi connectivity index (χ0) is 22.4. The lowest BCUT2D eigenvalue weighted by atomic mass is 10.1. The third-order valence-electron chi connectivity index (χ3n) is 6.34. The Hall–Kier alpha value is -3.32. The minimum Gasteiger partial charge on any atom is -0.365 e. The van der Waals surface area contributed by atoms with Crippen molar-refractivity contribution in [2.24, 2.45) is 5.73 Å². The summed E-state index contributed by atoms with van der Waals surface area (Å²) in [7, 11) is 0. The molecular formula is C24H24ClN5O2. The third-order valence-corrected chi connectivity index (χ3v) is 6.71. The summed E-state index contributed by atoms with van der Waals surface area (Å²) in [6.07, 6.45) is 3.40. The summed E-state index contributed by atoms with van der Waals surface area (Å²) in [5, 5.41) is 3.46. The van der Waals surface area contributed by atoms with Gasteiger partial charge in [-0.25, -0.2) is 4.79 Å². The van der Waals surface area contributed by atoms with E-state index in [2.05, 4.69) is 22.4 Å². The molecule has 2 aromatic heterocycles. The highest BCUT2D eigenvalue weighted by Gasteiger charge is 2.32. The van der Waals surface area contributed by atoms with Gasteiger partial charge in [-0.15, -0.1) is 0 Å². The van der Waals surface area contributed by atoms with Crippen molar-refractivity contribution in [3.05, 3.63) is 75.7 Å². The molecule has 0 saturated heterocycles. The summed E-state index contributed by atoms with van der Waals surface area (Å²) < 4.78 is 1.99. The maximum absolute atomic E-state index is 13.0. The van der Waals surface area contributed by atoms with Crippen LogP contribution in [-0.4, -0.2) is 39.0 Å². The van der Waals surface area contributed by atoms with Crippen molar-refractivity contribution < 1.29 is 9.59 Å². The lowest BCUT2D eigenvalue weighted by molar-refractivity contribution is 0.0996. The third kappa shape index (κ3) is 3.52. The summed E-state index contributed by atoms with van der Waals surface area (Å²) in [6, 6.07) is 12.0. The molecule has 0 bridgehead atoms. The fourth-order valence-electron chi connectivity index (χ4n) is 4.77. The first-order valence-electron chi connectivity index (χ1n) is 10.7. The number of nitrogens with one attached hydrogen (secondary N) is 1. The Morgan fingerprint density at radius 2 is 1.84 bits per heavy atom. The molecule has 0 spiro atoms. The van der Waals surface area contributed by atoms with Gasteiger partial charge in [0.05, 0.1) is 28.5 Å². The van der Waals surface area contributed by atoms with Crippen molar-refractivity contribution in [3.8, 4) is 11.3 Å². The number of carbonyl (C=O) groups is 2. The van der Waals surface area contributed by atoms with Crippen molar-refractivity contribution in [2.75, 3.05) is 6.54 Å². The van der Waals surface area contributed by atoms with E-state index in [4.69, 9.17) is 17.3 Å². The van der Waals surface area contributed by atoms with E-state index in [0.717, 1.165) is 24.1 Å². The second-order valence-electron chi connectivity index (χ2n) is 8.43. The Bertz CT molecular complexity index is 1190. The summed E-state index contributed by atoms with van der Waals surface area (Å²) in [6.45, 7) is 3.20. The van der Waals surface area contributed by atoms with Crippen LogP contribution in [0.4, 0.5) is 4.79 Å². The highest BCUT2D eigenvalue weighted by atomic mass is 35.5. The maximum Gasteiger partial charge on any atom is 0.318 e. The van der Waals surface area contributed by atoms with E-state index >= 15 is 0 Å². The summed E-state index contributed by atoms with van der Waals surface area (Å²) >= 11 is 6.64. The molecule has 3 aromatic rings. The van der Waals surface area contributed by atoms with Crippen molar-refractivity contribution in [1.29, 1.82) is 0 Å². The number of halogens is 1. The van der Waals surface area contributed by atoms with Crippen LogP contribution in [-0.2, 0) is 25.9 Å². The number of rotatable bonds is 3. The predicted molar refractivity (Wildman–Crippen MR) is 123 cm³/mol. The summed E-state index contributed by atoms with van der Waals surface area (Å²) in [5.74, 6) is -0.599. The lowest BCUT2D eigenvalue weighted by Crippen LogP contribution is -2.48. The SMILES string of the molecule is Cc1ccc(-c2c(Cl)c(C(N)=O)c3n2CCN(C(=O)NC2Cc4ccccc4C2)C3)cn1. The molecule has 0 fully saturated rings. The number of nitrogens with zero attached hydrogens (tertiary/aromatic N) is 3. The molecule has 3 N–H and O–H groups in total. The van der Waals surface area contributed by atoms with Crippen molar-refractivity contribution in [1.82, 2.24) is 19.8 Å². The predicted octanol–water partition coefficient (Wildman–Crippen LogP) is 3.30. The van der Waals surface area contributed by atoms with Gasteiger partial charge in [0.25, 0.3) is 5.91 Å². The van der Waals surface area contributed by atoms with E-state index in [9.17, 15) is 9.59 Å². The van der Waals surface area contributed by atoms with Gasteiger partial charge in [-0.1, -0.05) is 35.9 Å². The van der Waals surface area contributed by atoms with E-state index in [1.54, 1.807) is 11.1 Å². The minimum absolute atomic E-state index is 0.0713. The number of carbonyl (C=O) groups excluding carboxylic acids is 2. The Balaban J connectivity index is 1.39. The van der Waals surface area contributed by atoms with Gasteiger partial charge < -0.3 is 20.5 Å². The number of urea groups is 1.